The summed E-state index contributed by atoms with van der Waals surface area (Å²) in [5.41, 5.74) is 6.15. The van der Waals surface area contributed by atoms with Crippen LogP contribution in [0.3, 0.4) is 0 Å². The smallest absolute Gasteiger partial charge is 0.240 e. The van der Waals surface area contributed by atoms with Crippen LogP contribution in [0.25, 0.3) is 0 Å². The number of rotatable bonds is 6. The minimum Gasteiger partial charge on any atom is -0.378 e. The van der Waals surface area contributed by atoms with E-state index in [4.69, 9.17) is 22.1 Å². The summed E-state index contributed by atoms with van der Waals surface area (Å²) in [6.07, 6.45) is 2.91. The van der Waals surface area contributed by atoms with Crippen LogP contribution in [0.5, 0.6) is 0 Å². The van der Waals surface area contributed by atoms with Crippen molar-refractivity contribution in [2.24, 2.45) is 5.73 Å². The zero-order valence-electron chi connectivity index (χ0n) is 11.1. The first-order valence-corrected chi connectivity index (χ1v) is 8.49. The molecule has 0 spiro atoms. The number of halogens is 1. The van der Waals surface area contributed by atoms with E-state index in [-0.39, 0.29) is 17.5 Å². The second-order valence-corrected chi connectivity index (χ2v) is 6.95. The minimum absolute atomic E-state index is 0.169. The fraction of sp³-hybridized carbons (Fsp3) is 0.538. The second kappa shape index (κ2) is 6.87. The number of benzene rings is 1. The molecule has 0 amide bonds. The third-order valence-corrected chi connectivity index (χ3v) is 5.16. The summed E-state index contributed by atoms with van der Waals surface area (Å²) < 4.78 is 32.3. The second-order valence-electron chi connectivity index (χ2n) is 4.78. The summed E-state index contributed by atoms with van der Waals surface area (Å²) in [7, 11) is -3.52. The summed E-state index contributed by atoms with van der Waals surface area (Å²) in [6, 6.07) is 4.55. The molecular weight excluding hydrogens is 300 g/mol. The molecule has 0 aliphatic carbocycles. The standard InChI is InChI=1S/C13H19ClN2O3S/c14-13-4-3-12(8-10(13)9-15)20(17,18)16-6-5-11-2-1-7-19-11/h3-4,8,11,16H,1-2,5-7,9,15H2. The Bertz CT molecular complexity index is 557. The van der Waals surface area contributed by atoms with Crippen molar-refractivity contribution in [2.75, 3.05) is 13.2 Å². The van der Waals surface area contributed by atoms with Crippen LogP contribution in [0.2, 0.25) is 5.02 Å². The van der Waals surface area contributed by atoms with Crippen molar-refractivity contribution < 1.29 is 13.2 Å². The van der Waals surface area contributed by atoms with Crippen LogP contribution >= 0.6 is 11.6 Å². The average molecular weight is 319 g/mol. The number of sulfonamides is 1. The maximum Gasteiger partial charge on any atom is 0.240 e. The zero-order valence-corrected chi connectivity index (χ0v) is 12.7. The maximum absolute atomic E-state index is 12.1. The molecule has 1 aromatic carbocycles. The van der Waals surface area contributed by atoms with Crippen LogP contribution < -0.4 is 10.5 Å². The van der Waals surface area contributed by atoms with E-state index in [1.54, 1.807) is 6.07 Å². The average Bonchev–Trinajstić information content (AvgIpc) is 2.92. The van der Waals surface area contributed by atoms with Crippen LogP contribution in [-0.4, -0.2) is 27.7 Å². The van der Waals surface area contributed by atoms with E-state index in [1.165, 1.54) is 12.1 Å². The predicted octanol–water partition coefficient (Wildman–Crippen LogP) is 1.65. The third kappa shape index (κ3) is 3.93. The summed E-state index contributed by atoms with van der Waals surface area (Å²) in [6.45, 7) is 1.35. The summed E-state index contributed by atoms with van der Waals surface area (Å²) in [5, 5.41) is 0.478. The number of hydrogen-bond donors (Lipinski definition) is 2. The molecule has 7 heteroatoms. The highest BCUT2D eigenvalue weighted by atomic mass is 35.5. The minimum atomic E-state index is -3.52. The van der Waals surface area contributed by atoms with Gasteiger partial charge in [-0.2, -0.15) is 0 Å². The van der Waals surface area contributed by atoms with E-state index in [2.05, 4.69) is 4.72 Å². The monoisotopic (exact) mass is 318 g/mol. The maximum atomic E-state index is 12.1. The van der Waals surface area contributed by atoms with Crippen molar-refractivity contribution in [1.29, 1.82) is 0 Å². The molecule has 1 aliphatic heterocycles. The molecule has 5 nitrogen and oxygen atoms in total. The van der Waals surface area contributed by atoms with Crippen molar-refractivity contribution in [3.05, 3.63) is 28.8 Å². The van der Waals surface area contributed by atoms with Gasteiger partial charge in [0, 0.05) is 24.7 Å². The summed E-state index contributed by atoms with van der Waals surface area (Å²) in [4.78, 5) is 0.190. The van der Waals surface area contributed by atoms with Gasteiger partial charge in [-0.15, -0.1) is 0 Å². The van der Waals surface area contributed by atoms with Crippen LogP contribution in [-0.2, 0) is 21.3 Å². The van der Waals surface area contributed by atoms with Gasteiger partial charge in [-0.3, -0.25) is 0 Å². The highest BCUT2D eigenvalue weighted by Gasteiger charge is 2.18. The molecule has 3 N–H and O–H groups in total. The van der Waals surface area contributed by atoms with E-state index in [1.807, 2.05) is 0 Å². The lowest BCUT2D eigenvalue weighted by Gasteiger charge is -2.11. The Morgan fingerprint density at radius 1 is 1.45 bits per heavy atom. The Morgan fingerprint density at radius 3 is 2.90 bits per heavy atom. The van der Waals surface area contributed by atoms with Crippen LogP contribution in [0.4, 0.5) is 0 Å². The molecule has 0 saturated carbocycles. The fourth-order valence-electron chi connectivity index (χ4n) is 2.18. The third-order valence-electron chi connectivity index (χ3n) is 3.33. The molecule has 1 saturated heterocycles. The van der Waals surface area contributed by atoms with Crippen molar-refractivity contribution in [2.45, 2.75) is 36.8 Å². The van der Waals surface area contributed by atoms with Crippen molar-refractivity contribution >= 4 is 21.6 Å². The van der Waals surface area contributed by atoms with Gasteiger partial charge in [0.1, 0.15) is 0 Å². The summed E-state index contributed by atoms with van der Waals surface area (Å²) >= 11 is 5.93. The Labute approximate surface area is 124 Å². The molecule has 2 rings (SSSR count). The van der Waals surface area contributed by atoms with Gasteiger partial charge in [0.05, 0.1) is 11.0 Å². The topological polar surface area (TPSA) is 81.4 Å². The number of nitrogens with two attached hydrogens (primary N) is 1. The van der Waals surface area contributed by atoms with Crippen LogP contribution in [0, 0.1) is 0 Å². The molecule has 1 aromatic rings. The molecule has 1 heterocycles. The molecule has 0 bridgehead atoms. The lowest BCUT2D eigenvalue weighted by Crippen LogP contribution is -2.27. The molecule has 1 unspecified atom stereocenters. The van der Waals surface area contributed by atoms with Gasteiger partial charge in [-0.25, -0.2) is 13.1 Å². The molecule has 112 valence electrons. The Hall–Kier alpha value is -0.660. The lowest BCUT2D eigenvalue weighted by atomic mass is 10.2. The molecule has 0 aromatic heterocycles. The Balaban J connectivity index is 1.98. The molecule has 1 fully saturated rings. The molecule has 20 heavy (non-hydrogen) atoms. The predicted molar refractivity (Wildman–Crippen MR) is 78.1 cm³/mol. The van der Waals surface area contributed by atoms with Gasteiger partial charge < -0.3 is 10.5 Å². The quantitative estimate of drug-likeness (QED) is 0.835. The van der Waals surface area contributed by atoms with Gasteiger partial charge in [0.15, 0.2) is 0 Å². The molecule has 1 atom stereocenters. The first-order chi connectivity index (χ1) is 9.53. The zero-order chi connectivity index (χ0) is 14.6. The molecule has 1 aliphatic rings. The normalized spacial score (nSPS) is 19.4. The largest absolute Gasteiger partial charge is 0.378 e. The SMILES string of the molecule is NCc1cc(S(=O)(=O)NCCC2CCCO2)ccc1Cl. The number of nitrogens with one attached hydrogen (secondary N) is 1. The van der Waals surface area contributed by atoms with Crippen molar-refractivity contribution in [1.82, 2.24) is 4.72 Å². The van der Waals surface area contributed by atoms with Crippen molar-refractivity contribution in [3.8, 4) is 0 Å². The van der Waals surface area contributed by atoms with E-state index < -0.39 is 10.0 Å². The number of hydrogen-bond acceptors (Lipinski definition) is 4. The van der Waals surface area contributed by atoms with E-state index >= 15 is 0 Å². The van der Waals surface area contributed by atoms with E-state index in [9.17, 15) is 8.42 Å². The van der Waals surface area contributed by atoms with Gasteiger partial charge in [-0.05, 0) is 43.0 Å². The van der Waals surface area contributed by atoms with Gasteiger partial charge in [0.25, 0.3) is 0 Å². The van der Waals surface area contributed by atoms with Crippen LogP contribution in [0.1, 0.15) is 24.8 Å². The first kappa shape index (κ1) is 15.7. The highest BCUT2D eigenvalue weighted by molar-refractivity contribution is 7.89. The molecule has 0 radical (unpaired) electrons. The van der Waals surface area contributed by atoms with Crippen molar-refractivity contribution in [3.63, 3.8) is 0 Å². The van der Waals surface area contributed by atoms with Gasteiger partial charge >= 0.3 is 0 Å². The Kier molecular flexibility index (Phi) is 5.40. The summed E-state index contributed by atoms with van der Waals surface area (Å²) in [5.74, 6) is 0. The van der Waals surface area contributed by atoms with E-state index in [0.29, 0.717) is 23.6 Å². The highest BCUT2D eigenvalue weighted by Crippen LogP contribution is 2.20. The fourth-order valence-corrected chi connectivity index (χ4v) is 3.48. The Morgan fingerprint density at radius 2 is 2.25 bits per heavy atom. The van der Waals surface area contributed by atoms with E-state index in [0.717, 1.165) is 19.4 Å². The first-order valence-electron chi connectivity index (χ1n) is 6.62. The van der Waals surface area contributed by atoms with Gasteiger partial charge in [0.2, 0.25) is 10.0 Å². The van der Waals surface area contributed by atoms with Crippen LogP contribution in [0.15, 0.2) is 23.1 Å². The lowest BCUT2D eigenvalue weighted by molar-refractivity contribution is 0.105. The van der Waals surface area contributed by atoms with Gasteiger partial charge in [-0.1, -0.05) is 11.6 Å². The molecular formula is C13H19ClN2O3S. The number of ether oxygens (including phenoxy) is 1.